The molecule has 4 unspecified atom stereocenters. The van der Waals surface area contributed by atoms with Crippen LogP contribution >= 0.6 is 0 Å². The first kappa shape index (κ1) is 63.9. The Morgan fingerprint density at radius 3 is 0.818 bits per heavy atom. The predicted octanol–water partition coefficient (Wildman–Crippen LogP) is 7.59. The molecule has 9 rings (SSSR count). The van der Waals surface area contributed by atoms with Crippen molar-refractivity contribution in [3.8, 4) is 23.0 Å². The van der Waals surface area contributed by atoms with E-state index in [0.29, 0.717) is 36.4 Å². The molecule has 466 valence electrons. The number of H-pyrrole nitrogens is 1. The van der Waals surface area contributed by atoms with Gasteiger partial charge < -0.3 is 64.8 Å². The first-order valence-electron chi connectivity index (χ1n) is 25.3. The number of aliphatic hydroxyl groups is 8. The molecule has 4 atom stereocenters. The lowest BCUT2D eigenvalue weighted by Crippen LogP contribution is -2.23. The summed E-state index contributed by atoms with van der Waals surface area (Å²) < 4.78 is 283. The van der Waals surface area contributed by atoms with Gasteiger partial charge in [-0.25, -0.2) is 45.1 Å². The Balaban J connectivity index is 1.43. The van der Waals surface area contributed by atoms with E-state index in [0.717, 1.165) is 12.2 Å². The quantitative estimate of drug-likeness (QED) is 0.0271. The molecule has 1 aromatic heterocycles. The highest BCUT2D eigenvalue weighted by atomic mass is 19.2. The molecule has 4 heterocycles. The van der Waals surface area contributed by atoms with Crippen LogP contribution < -0.4 is 18.9 Å². The largest absolute Gasteiger partial charge is 0.485 e. The minimum atomic E-state index is -2.38. The number of aromatic amines is 1. The molecule has 1 aliphatic carbocycles. The molecule has 31 heteroatoms. The summed E-state index contributed by atoms with van der Waals surface area (Å²) in [6.07, 6.45) is -4.34. The second kappa shape index (κ2) is 25.6. The molecule has 4 aromatic carbocycles. The molecular formula is C57H39F16N3O12. The fraction of sp³-hybridized carbons (Fsp3) is 0.228. The van der Waals surface area contributed by atoms with Gasteiger partial charge in [-0.3, -0.25) is 0 Å². The summed E-state index contributed by atoms with van der Waals surface area (Å²) in [4.78, 5) is 10.7. The number of hydrogen-bond donors (Lipinski definition) is 9. The van der Waals surface area contributed by atoms with Crippen molar-refractivity contribution in [1.29, 1.82) is 0 Å². The lowest BCUT2D eigenvalue weighted by Gasteiger charge is -2.19. The van der Waals surface area contributed by atoms with Crippen molar-refractivity contribution in [3.63, 3.8) is 0 Å². The Labute approximate surface area is 482 Å². The molecule has 0 fully saturated rings. The van der Waals surface area contributed by atoms with E-state index in [4.69, 9.17) is 18.9 Å². The molecule has 15 nitrogen and oxygen atoms in total. The highest BCUT2D eigenvalue weighted by Gasteiger charge is 2.40. The Hall–Kier alpha value is -8.56. The zero-order valence-corrected chi connectivity index (χ0v) is 43.9. The standard InChI is InChI=1S/C57H39F16N3O12/c58-38-34(39(59)47(67)54(46(38)66)85-14-20(81)10-77)30-18-1-2-19(9-18)31(35-40(60)48(68)55(49(69)41(35)61)86-15-21(82)11-78)25-4-6-27(75-25)33(37-44(64)52(72)57(53(73)45(37)65)88-17-23(84)13-80)29-8-7-28(76-29)32(26-5-3-24(30)74-26)36-42(62)50(70)56(51(71)43(36)63)87-16-22(83)12-79/h1-8,20-23,76-84H,9-17H2. The molecule has 4 aliphatic rings. The number of benzene rings is 4. The van der Waals surface area contributed by atoms with Gasteiger partial charge in [0.1, 0.15) is 50.8 Å². The van der Waals surface area contributed by atoms with Gasteiger partial charge in [0, 0.05) is 33.7 Å². The van der Waals surface area contributed by atoms with Gasteiger partial charge in [-0.2, -0.15) is 35.1 Å². The van der Waals surface area contributed by atoms with Crippen LogP contribution in [0.3, 0.4) is 0 Å². The van der Waals surface area contributed by atoms with E-state index < -0.39 is 290 Å². The number of rotatable bonds is 20. The Morgan fingerprint density at radius 1 is 0.341 bits per heavy atom. The second-order valence-corrected chi connectivity index (χ2v) is 19.2. The van der Waals surface area contributed by atoms with Crippen molar-refractivity contribution in [2.75, 3.05) is 52.9 Å². The zero-order valence-electron chi connectivity index (χ0n) is 43.9. The smallest absolute Gasteiger partial charge is 0.204 e. The molecule has 0 spiro atoms. The topological polar surface area (TPSA) is 239 Å². The van der Waals surface area contributed by atoms with Crippen molar-refractivity contribution >= 4 is 33.7 Å². The molecule has 0 radical (unpaired) electrons. The maximum absolute atomic E-state index is 16.8. The third-order valence-corrected chi connectivity index (χ3v) is 13.5. The first-order valence-corrected chi connectivity index (χ1v) is 25.3. The summed E-state index contributed by atoms with van der Waals surface area (Å²) in [6, 6.07) is 1.39. The predicted molar refractivity (Wildman–Crippen MR) is 273 cm³/mol. The third kappa shape index (κ3) is 11.4. The van der Waals surface area contributed by atoms with Crippen LogP contribution in [0.4, 0.5) is 70.2 Å². The summed E-state index contributed by atoms with van der Waals surface area (Å²) in [5.74, 6) is -45.2. The van der Waals surface area contributed by atoms with Crippen molar-refractivity contribution in [2.24, 2.45) is 9.98 Å². The second-order valence-electron chi connectivity index (χ2n) is 19.2. The average molecular weight is 1260 g/mol. The van der Waals surface area contributed by atoms with Crippen LogP contribution in [0.5, 0.6) is 23.0 Å². The minimum Gasteiger partial charge on any atom is -0.485 e. The van der Waals surface area contributed by atoms with Crippen LogP contribution in [-0.2, 0) is 0 Å². The molecule has 3 aliphatic heterocycles. The van der Waals surface area contributed by atoms with Crippen LogP contribution in [0.25, 0.3) is 22.3 Å². The third-order valence-electron chi connectivity index (χ3n) is 13.5. The van der Waals surface area contributed by atoms with E-state index in [9.17, 15) is 40.9 Å². The summed E-state index contributed by atoms with van der Waals surface area (Å²) in [5.41, 5.74) is -18.7. The molecular weight excluding hydrogens is 1220 g/mol. The maximum Gasteiger partial charge on any atom is 0.204 e. The first-order chi connectivity index (χ1) is 41.8. The molecule has 5 aromatic rings. The summed E-state index contributed by atoms with van der Waals surface area (Å²) in [6.45, 7) is -9.15. The van der Waals surface area contributed by atoms with Gasteiger partial charge in [-0.05, 0) is 54.0 Å². The van der Waals surface area contributed by atoms with Gasteiger partial charge in [-0.1, -0.05) is 12.2 Å². The van der Waals surface area contributed by atoms with Crippen LogP contribution in [-0.4, -0.2) is 135 Å². The van der Waals surface area contributed by atoms with Gasteiger partial charge in [0.25, 0.3) is 0 Å². The number of aliphatic imine (C=N–C) groups is 2. The lowest BCUT2D eigenvalue weighted by molar-refractivity contribution is 0.0503. The number of ether oxygens (including phenoxy) is 4. The highest BCUT2D eigenvalue weighted by Crippen LogP contribution is 2.48. The fourth-order valence-electron chi connectivity index (χ4n) is 9.30. The SMILES string of the molecule is OCC(O)COc1c(F)c(F)c(C2=C3C=CC(=C(c4c(F)c(F)c(OCC(O)CO)c(F)c4F)C4=NC(=C(c5c(F)c(F)c(OCC(O)CO)c(F)c5F)c5ccc([nH]5)C(c5c(F)c(F)c(OCC(O)CO)c(F)c5F)=C5C=CC2=N5)C=C4)C3)c(F)c1F. The van der Waals surface area contributed by atoms with Crippen LogP contribution in [0.15, 0.2) is 81.1 Å². The molecule has 0 saturated carbocycles. The van der Waals surface area contributed by atoms with Crippen molar-refractivity contribution in [1.82, 2.24) is 4.98 Å². The number of nitrogens with one attached hydrogen (secondary N) is 1. The Morgan fingerprint density at radius 2 is 0.580 bits per heavy atom. The van der Waals surface area contributed by atoms with Gasteiger partial charge >= 0.3 is 0 Å². The molecule has 88 heavy (non-hydrogen) atoms. The summed E-state index contributed by atoms with van der Waals surface area (Å²) in [7, 11) is 0. The van der Waals surface area contributed by atoms with Gasteiger partial charge in [-0.15, -0.1) is 0 Å². The Bertz CT molecular complexity index is 3660. The van der Waals surface area contributed by atoms with E-state index in [1.54, 1.807) is 0 Å². The van der Waals surface area contributed by atoms with E-state index in [-0.39, 0.29) is 0 Å². The number of aromatic nitrogens is 1. The number of allylic oxidation sites excluding steroid dienone is 10. The van der Waals surface area contributed by atoms with Crippen molar-refractivity contribution in [2.45, 2.75) is 30.8 Å². The zero-order chi connectivity index (χ0) is 64.1. The van der Waals surface area contributed by atoms with E-state index >= 15 is 70.2 Å². The van der Waals surface area contributed by atoms with E-state index in [1.165, 1.54) is 0 Å². The fourth-order valence-corrected chi connectivity index (χ4v) is 9.30. The Kier molecular flexibility index (Phi) is 18.6. The van der Waals surface area contributed by atoms with Gasteiger partial charge in [0.05, 0.1) is 71.5 Å². The molecule has 8 bridgehead atoms. The lowest BCUT2D eigenvalue weighted by atomic mass is 9.90. The number of fused-ring (bicyclic) bond motifs is 6. The van der Waals surface area contributed by atoms with Crippen LogP contribution in [0, 0.1) is 93.1 Å². The van der Waals surface area contributed by atoms with Crippen LogP contribution in [0.1, 0.15) is 40.1 Å². The van der Waals surface area contributed by atoms with Gasteiger partial charge in [0.15, 0.2) is 69.5 Å². The molecule has 0 saturated heterocycles. The summed E-state index contributed by atoms with van der Waals surface area (Å²) in [5, 5.41) is 76.0. The van der Waals surface area contributed by atoms with Crippen molar-refractivity contribution in [3.05, 3.63) is 198 Å². The normalized spacial score (nSPS) is 16.1. The van der Waals surface area contributed by atoms with E-state index in [1.807, 2.05) is 0 Å². The number of halogens is 16. The molecule has 9 N–H and O–H groups in total. The monoisotopic (exact) mass is 1260 g/mol. The molecule has 0 amide bonds. The van der Waals surface area contributed by atoms with Crippen LogP contribution in [0.2, 0.25) is 0 Å². The minimum absolute atomic E-state index is 0.669. The number of hydrogen-bond acceptors (Lipinski definition) is 14. The maximum atomic E-state index is 16.8. The summed E-state index contributed by atoms with van der Waals surface area (Å²) >= 11 is 0. The van der Waals surface area contributed by atoms with Gasteiger partial charge in [0.2, 0.25) is 46.5 Å². The highest BCUT2D eigenvalue weighted by molar-refractivity contribution is 6.34. The van der Waals surface area contributed by atoms with Crippen molar-refractivity contribution < 1.29 is 130 Å². The van der Waals surface area contributed by atoms with E-state index in [2.05, 4.69) is 15.0 Å². The average Bonchev–Trinajstić information content (AvgIpc) is 3.28. The number of aliphatic hydroxyl groups excluding tert-OH is 8. The number of nitrogens with zero attached hydrogens (tertiary/aromatic N) is 2.